The smallest absolute Gasteiger partial charge is 0.245 e. The molecule has 2 N–H and O–H groups in total. The van der Waals surface area contributed by atoms with Crippen molar-refractivity contribution in [1.82, 2.24) is 20.4 Å². The molecule has 5 fully saturated rings. The van der Waals surface area contributed by atoms with Crippen LogP contribution in [0.4, 0.5) is 4.39 Å². The van der Waals surface area contributed by atoms with Gasteiger partial charge >= 0.3 is 0 Å². The van der Waals surface area contributed by atoms with Crippen molar-refractivity contribution in [3.05, 3.63) is 35.6 Å². The van der Waals surface area contributed by atoms with Crippen molar-refractivity contribution in [1.29, 1.82) is 0 Å². The van der Waals surface area contributed by atoms with Crippen molar-refractivity contribution in [2.45, 2.75) is 116 Å². The molecule has 7 nitrogen and oxygen atoms in total. The SMILES string of the molecule is CN1CC2(C)CC[C@H]1C(C(=O)N[C@H](Cc1ccc(F)cc1)C(=O)N1CCC(C(=O)NC(C)(C)C)(C3CCCCC3)CC1)C2. The molecule has 3 amide bonds. The monoisotopic (exact) mass is 596 g/mol. The van der Waals surface area contributed by atoms with Gasteiger partial charge in [0.1, 0.15) is 11.9 Å². The molecule has 0 spiro atoms. The summed E-state index contributed by atoms with van der Waals surface area (Å²) < 4.78 is 13.7. The Morgan fingerprint density at radius 3 is 2.23 bits per heavy atom. The maximum absolute atomic E-state index is 14.2. The van der Waals surface area contributed by atoms with E-state index < -0.39 is 11.5 Å². The van der Waals surface area contributed by atoms with E-state index >= 15 is 0 Å². The fourth-order valence-corrected chi connectivity index (χ4v) is 8.75. The Bertz CT molecular complexity index is 1170. The summed E-state index contributed by atoms with van der Waals surface area (Å²) in [5.74, 6) is -0.181. The minimum atomic E-state index is -0.734. The maximum Gasteiger partial charge on any atom is 0.245 e. The van der Waals surface area contributed by atoms with E-state index in [-0.39, 0.29) is 46.5 Å². The van der Waals surface area contributed by atoms with Crippen molar-refractivity contribution in [3.63, 3.8) is 0 Å². The van der Waals surface area contributed by atoms with Gasteiger partial charge in [-0.15, -0.1) is 0 Å². The first kappa shape index (κ1) is 31.9. The number of piperidine rings is 3. The summed E-state index contributed by atoms with van der Waals surface area (Å²) >= 11 is 0. The van der Waals surface area contributed by atoms with Gasteiger partial charge in [0.25, 0.3) is 0 Å². The van der Waals surface area contributed by atoms with Gasteiger partial charge in [-0.05, 0) is 102 Å². The zero-order chi connectivity index (χ0) is 31.0. The van der Waals surface area contributed by atoms with E-state index in [1.54, 1.807) is 12.1 Å². The predicted octanol–water partition coefficient (Wildman–Crippen LogP) is 5.08. The molecule has 0 aromatic heterocycles. The average Bonchev–Trinajstić information content (AvgIpc) is 2.96. The van der Waals surface area contributed by atoms with Crippen molar-refractivity contribution < 1.29 is 18.8 Å². The van der Waals surface area contributed by atoms with Crippen LogP contribution in [0.5, 0.6) is 0 Å². The van der Waals surface area contributed by atoms with Crippen molar-refractivity contribution >= 4 is 17.7 Å². The van der Waals surface area contributed by atoms with E-state index in [1.165, 1.54) is 18.6 Å². The van der Waals surface area contributed by atoms with Crippen LogP contribution in [0, 0.1) is 28.5 Å². The molecule has 238 valence electrons. The van der Waals surface area contributed by atoms with Crippen LogP contribution in [0.1, 0.15) is 97.5 Å². The van der Waals surface area contributed by atoms with Gasteiger partial charge in [0.15, 0.2) is 0 Å². The number of hydrogen-bond donors (Lipinski definition) is 2. The molecule has 1 aromatic rings. The molecule has 43 heavy (non-hydrogen) atoms. The second-order valence-corrected chi connectivity index (χ2v) is 15.6. The number of hydrogen-bond acceptors (Lipinski definition) is 4. The number of fused-ring (bicyclic) bond motifs is 3. The molecule has 1 aromatic carbocycles. The lowest BCUT2D eigenvalue weighted by Gasteiger charge is -2.53. The second-order valence-electron chi connectivity index (χ2n) is 15.6. The van der Waals surface area contributed by atoms with Crippen molar-refractivity contribution in [2.24, 2.45) is 22.7 Å². The van der Waals surface area contributed by atoms with Gasteiger partial charge in [0.2, 0.25) is 17.7 Å². The number of carbonyl (C=O) groups excluding carboxylic acids is 3. The molecule has 5 aliphatic rings. The molecule has 2 bridgehead atoms. The second kappa shape index (κ2) is 12.5. The molecule has 0 radical (unpaired) electrons. The summed E-state index contributed by atoms with van der Waals surface area (Å²) in [7, 11) is 2.10. The van der Waals surface area contributed by atoms with Crippen molar-refractivity contribution in [2.75, 3.05) is 26.7 Å². The van der Waals surface area contributed by atoms with E-state index in [1.807, 2.05) is 25.7 Å². The molecule has 3 aliphatic heterocycles. The third-order valence-corrected chi connectivity index (χ3v) is 11.0. The van der Waals surface area contributed by atoms with E-state index in [0.717, 1.165) is 57.1 Å². The highest BCUT2D eigenvalue weighted by atomic mass is 19.1. The van der Waals surface area contributed by atoms with E-state index in [9.17, 15) is 18.8 Å². The molecule has 6 rings (SSSR count). The van der Waals surface area contributed by atoms with Gasteiger partial charge in [-0.25, -0.2) is 4.39 Å². The molecule has 3 saturated heterocycles. The summed E-state index contributed by atoms with van der Waals surface area (Å²) in [4.78, 5) is 46.0. The number of likely N-dealkylation sites (tertiary alicyclic amines) is 1. The lowest BCUT2D eigenvalue weighted by molar-refractivity contribution is -0.148. The molecular formula is C35H53FN4O3. The minimum absolute atomic E-state index is 0.0546. The fourth-order valence-electron chi connectivity index (χ4n) is 8.75. The summed E-state index contributed by atoms with van der Waals surface area (Å²) in [5, 5.41) is 6.46. The number of nitrogens with one attached hydrogen (secondary N) is 2. The number of rotatable bonds is 7. The Morgan fingerprint density at radius 1 is 1.00 bits per heavy atom. The van der Waals surface area contributed by atoms with Crippen LogP contribution in [-0.4, -0.2) is 71.8 Å². The minimum Gasteiger partial charge on any atom is -0.351 e. The van der Waals surface area contributed by atoms with Gasteiger partial charge in [0, 0.05) is 37.6 Å². The topological polar surface area (TPSA) is 81.8 Å². The van der Waals surface area contributed by atoms with Gasteiger partial charge in [-0.1, -0.05) is 38.3 Å². The normalized spacial score (nSPS) is 28.7. The van der Waals surface area contributed by atoms with Crippen LogP contribution in [0.25, 0.3) is 0 Å². The van der Waals surface area contributed by atoms with Crippen LogP contribution in [0.15, 0.2) is 24.3 Å². The van der Waals surface area contributed by atoms with Crippen LogP contribution < -0.4 is 10.6 Å². The number of nitrogens with zero attached hydrogens (tertiary/aromatic N) is 2. The first-order valence-corrected chi connectivity index (χ1v) is 16.7. The third-order valence-electron chi connectivity index (χ3n) is 11.0. The highest BCUT2D eigenvalue weighted by Gasteiger charge is 2.51. The molecular weight excluding hydrogens is 543 g/mol. The number of amides is 3. The summed E-state index contributed by atoms with van der Waals surface area (Å²) in [6.45, 7) is 10.3. The Morgan fingerprint density at radius 2 is 1.65 bits per heavy atom. The Kier molecular flexibility index (Phi) is 9.27. The van der Waals surface area contributed by atoms with E-state index in [2.05, 4.69) is 29.5 Å². The van der Waals surface area contributed by atoms with Gasteiger partial charge in [-0.3, -0.25) is 14.4 Å². The predicted molar refractivity (Wildman–Crippen MR) is 167 cm³/mol. The fraction of sp³-hybridized carbons (Fsp3) is 0.743. The Hall–Kier alpha value is -2.48. The third kappa shape index (κ3) is 7.10. The zero-order valence-electron chi connectivity index (χ0n) is 27.0. The van der Waals surface area contributed by atoms with E-state index in [4.69, 9.17) is 0 Å². The lowest BCUT2D eigenvalue weighted by atomic mass is 9.63. The van der Waals surface area contributed by atoms with Gasteiger partial charge in [-0.2, -0.15) is 0 Å². The largest absolute Gasteiger partial charge is 0.351 e. The highest BCUT2D eigenvalue weighted by molar-refractivity contribution is 5.90. The zero-order valence-corrected chi connectivity index (χ0v) is 27.0. The van der Waals surface area contributed by atoms with Gasteiger partial charge in [0.05, 0.1) is 11.3 Å². The standard InChI is InChI=1S/C35H53FN4O3/c1-33(2,3)38-32(43)35(25-9-7-6-8-10-25)17-19-40(20-18-35)31(42)28(21-24-11-13-26(36)14-12-24)37-30(41)27-22-34(4)16-15-29(27)39(5)23-34/h11-14,25,27-29H,6-10,15-23H2,1-5H3,(H,37,41)(H,38,43)/t27?,28-,29+,34?/m1/s1. The summed E-state index contributed by atoms with van der Waals surface area (Å²) in [5.41, 5.74) is 0.138. The quantitative estimate of drug-likeness (QED) is 0.460. The Labute approximate surface area is 257 Å². The summed E-state index contributed by atoms with van der Waals surface area (Å²) in [6, 6.07) is 5.66. The molecule has 3 heterocycles. The molecule has 2 unspecified atom stereocenters. The summed E-state index contributed by atoms with van der Waals surface area (Å²) in [6.07, 6.45) is 10.2. The van der Waals surface area contributed by atoms with Crippen molar-refractivity contribution in [3.8, 4) is 0 Å². The molecule has 4 atom stereocenters. The van der Waals surface area contributed by atoms with Crippen LogP contribution in [-0.2, 0) is 20.8 Å². The molecule has 8 heteroatoms. The Balaban J connectivity index is 1.33. The van der Waals surface area contributed by atoms with E-state index in [0.29, 0.717) is 38.3 Å². The molecule has 2 aliphatic carbocycles. The first-order chi connectivity index (χ1) is 20.3. The lowest BCUT2D eigenvalue weighted by Crippen LogP contribution is -2.62. The van der Waals surface area contributed by atoms with Crippen LogP contribution >= 0.6 is 0 Å². The average molecular weight is 597 g/mol. The number of benzene rings is 1. The van der Waals surface area contributed by atoms with Crippen LogP contribution in [0.3, 0.4) is 0 Å². The maximum atomic E-state index is 14.2. The highest BCUT2D eigenvalue weighted by Crippen LogP contribution is 2.48. The number of halogens is 1. The number of carbonyl (C=O) groups is 3. The van der Waals surface area contributed by atoms with Gasteiger partial charge < -0.3 is 20.4 Å². The molecule has 2 saturated carbocycles. The van der Waals surface area contributed by atoms with Crippen LogP contribution in [0.2, 0.25) is 0 Å². The first-order valence-electron chi connectivity index (χ1n) is 16.7.